The van der Waals surface area contributed by atoms with Gasteiger partial charge >= 0.3 is 12.3 Å². The highest BCUT2D eigenvalue weighted by molar-refractivity contribution is 7.87. The largest absolute Gasteiger partial charge is 0.465 e. The van der Waals surface area contributed by atoms with Crippen LogP contribution in [0.4, 0.5) is 18.0 Å². The number of hydrogen-bond acceptors (Lipinski definition) is 3. The molecule has 0 aromatic heterocycles. The van der Waals surface area contributed by atoms with E-state index in [0.29, 0.717) is 0 Å². The second kappa shape index (κ2) is 4.96. The van der Waals surface area contributed by atoms with Gasteiger partial charge in [0, 0.05) is 16.5 Å². The molecular weight excluding hydrogens is 339 g/mol. The van der Waals surface area contributed by atoms with Crippen LogP contribution in [0.15, 0.2) is 0 Å². The maximum atomic E-state index is 13.3. The van der Waals surface area contributed by atoms with E-state index >= 15 is 0 Å². The molecule has 3 rings (SSSR count). The van der Waals surface area contributed by atoms with Crippen molar-refractivity contribution in [1.29, 1.82) is 0 Å². The zero-order valence-corrected chi connectivity index (χ0v) is 13.7. The first-order chi connectivity index (χ1) is 10.1. The first-order valence-corrected chi connectivity index (χ1v) is 8.46. The fourth-order valence-electron chi connectivity index (χ4n) is 3.66. The topological polar surface area (TPSA) is 108 Å². The molecule has 23 heavy (non-hydrogen) atoms. The molecule has 0 aliphatic heterocycles. The lowest BCUT2D eigenvalue weighted by Gasteiger charge is -2.72. The van der Waals surface area contributed by atoms with E-state index in [-0.39, 0.29) is 19.3 Å². The van der Waals surface area contributed by atoms with E-state index in [0.717, 1.165) is 0 Å². The predicted octanol–water partition coefficient (Wildman–Crippen LogP) is 1.33. The second-order valence-electron chi connectivity index (χ2n) is 7.55. The Kier molecular flexibility index (Phi) is 3.94. The van der Waals surface area contributed by atoms with Crippen LogP contribution in [0.3, 0.4) is 0 Å². The standard InChI is InChI=1S/C12H20F3N3O4S/c1-9(2,3)18-23(21,22)17-7(12(13,14)15)10-4-11(5-10,6-10)16-8(19)20/h7,16-18H,4-6H2,1-3H3,(H,19,20). The highest BCUT2D eigenvalue weighted by atomic mass is 32.2. The molecule has 134 valence electrons. The molecule has 1 atom stereocenters. The van der Waals surface area contributed by atoms with Gasteiger partial charge in [0.15, 0.2) is 0 Å². The van der Waals surface area contributed by atoms with Gasteiger partial charge in [0.05, 0.1) is 0 Å². The molecule has 0 spiro atoms. The van der Waals surface area contributed by atoms with Gasteiger partial charge in [-0.15, -0.1) is 0 Å². The van der Waals surface area contributed by atoms with Gasteiger partial charge in [0.1, 0.15) is 6.04 Å². The van der Waals surface area contributed by atoms with E-state index in [4.69, 9.17) is 5.11 Å². The molecule has 0 aromatic carbocycles. The number of rotatable bonds is 5. The van der Waals surface area contributed by atoms with E-state index in [1.54, 1.807) is 4.72 Å². The molecule has 1 unspecified atom stereocenters. The van der Waals surface area contributed by atoms with Gasteiger partial charge in [-0.05, 0) is 40.0 Å². The quantitative estimate of drug-likeness (QED) is 0.594. The van der Waals surface area contributed by atoms with E-state index in [1.807, 2.05) is 0 Å². The predicted molar refractivity (Wildman–Crippen MR) is 75.0 cm³/mol. The Morgan fingerprint density at radius 1 is 1.17 bits per heavy atom. The lowest BCUT2D eigenvalue weighted by atomic mass is 9.37. The van der Waals surface area contributed by atoms with Crippen LogP contribution in [0, 0.1) is 5.41 Å². The van der Waals surface area contributed by atoms with Crippen molar-refractivity contribution in [2.45, 2.75) is 63.3 Å². The van der Waals surface area contributed by atoms with Gasteiger partial charge in [-0.1, -0.05) is 0 Å². The maximum absolute atomic E-state index is 13.3. The summed E-state index contributed by atoms with van der Waals surface area (Å²) in [6, 6.07) is -2.24. The van der Waals surface area contributed by atoms with E-state index < -0.39 is 45.0 Å². The van der Waals surface area contributed by atoms with Crippen molar-refractivity contribution in [2.24, 2.45) is 5.41 Å². The third-order valence-corrected chi connectivity index (χ3v) is 5.52. The summed E-state index contributed by atoms with van der Waals surface area (Å²) >= 11 is 0. The lowest BCUT2D eigenvalue weighted by molar-refractivity contribution is -0.255. The Morgan fingerprint density at radius 3 is 2.00 bits per heavy atom. The number of nitrogens with one attached hydrogen (secondary N) is 3. The summed E-state index contributed by atoms with van der Waals surface area (Å²) < 4.78 is 67.7. The van der Waals surface area contributed by atoms with Crippen LogP contribution in [0.2, 0.25) is 0 Å². The van der Waals surface area contributed by atoms with Gasteiger partial charge in [-0.25, -0.2) is 4.79 Å². The molecule has 0 saturated heterocycles. The Morgan fingerprint density at radius 2 is 1.65 bits per heavy atom. The van der Waals surface area contributed by atoms with Gasteiger partial charge in [0.2, 0.25) is 0 Å². The lowest BCUT2D eigenvalue weighted by Crippen LogP contribution is -2.81. The van der Waals surface area contributed by atoms with Crippen molar-refractivity contribution in [3.8, 4) is 0 Å². The molecule has 0 radical (unpaired) electrons. The molecule has 0 heterocycles. The van der Waals surface area contributed by atoms with Gasteiger partial charge < -0.3 is 10.4 Å². The SMILES string of the molecule is CC(C)(C)NS(=O)(=O)NC(C(F)(F)F)C12CC(NC(=O)O)(C1)C2. The van der Waals surface area contributed by atoms with Crippen LogP contribution >= 0.6 is 0 Å². The number of carboxylic acid groups (broad SMARTS) is 1. The molecule has 4 N–H and O–H groups in total. The fourth-order valence-corrected chi connectivity index (χ4v) is 5.22. The number of alkyl halides is 3. The van der Waals surface area contributed by atoms with Crippen LogP contribution < -0.4 is 14.8 Å². The van der Waals surface area contributed by atoms with E-state index in [9.17, 15) is 26.4 Å². The first-order valence-electron chi connectivity index (χ1n) is 6.97. The summed E-state index contributed by atoms with van der Waals surface area (Å²) in [5.41, 5.74) is -3.06. The van der Waals surface area contributed by atoms with Crippen LogP contribution in [0.25, 0.3) is 0 Å². The Hall–Kier alpha value is -1.07. The zero-order valence-electron chi connectivity index (χ0n) is 12.9. The van der Waals surface area contributed by atoms with Crippen molar-refractivity contribution >= 4 is 16.3 Å². The fraction of sp³-hybridized carbons (Fsp3) is 0.917. The third-order valence-electron chi connectivity index (χ3n) is 4.10. The van der Waals surface area contributed by atoms with Crippen molar-refractivity contribution < 1.29 is 31.5 Å². The van der Waals surface area contributed by atoms with Crippen LogP contribution in [0.5, 0.6) is 0 Å². The third kappa shape index (κ3) is 3.72. The molecule has 11 heteroatoms. The van der Waals surface area contributed by atoms with E-state index in [1.165, 1.54) is 20.8 Å². The zero-order chi connectivity index (χ0) is 17.9. The molecule has 3 aliphatic carbocycles. The van der Waals surface area contributed by atoms with Crippen molar-refractivity contribution in [3.63, 3.8) is 0 Å². The summed E-state index contributed by atoms with van der Waals surface area (Å²) in [6.45, 7) is 4.55. The highest BCUT2D eigenvalue weighted by Crippen LogP contribution is 2.70. The average Bonchev–Trinajstić information content (AvgIpc) is 2.12. The Bertz CT molecular complexity index is 592. The molecule has 3 saturated carbocycles. The number of amides is 1. The molecule has 1 amide bonds. The molecule has 3 fully saturated rings. The summed E-state index contributed by atoms with van der Waals surface area (Å²) in [4.78, 5) is 10.6. The Labute approximate surface area is 132 Å². The summed E-state index contributed by atoms with van der Waals surface area (Å²) in [7, 11) is -4.36. The number of halogens is 3. The molecule has 7 nitrogen and oxygen atoms in total. The minimum absolute atomic E-state index is 0.0332. The molecular formula is C12H20F3N3O4S. The van der Waals surface area contributed by atoms with Crippen molar-refractivity contribution in [1.82, 2.24) is 14.8 Å². The highest BCUT2D eigenvalue weighted by Gasteiger charge is 2.75. The van der Waals surface area contributed by atoms with Crippen LogP contribution in [0.1, 0.15) is 40.0 Å². The van der Waals surface area contributed by atoms with Crippen LogP contribution in [-0.2, 0) is 10.2 Å². The summed E-state index contributed by atoms with van der Waals surface area (Å²) in [5, 5.41) is 10.9. The number of carbonyl (C=O) groups is 1. The van der Waals surface area contributed by atoms with Crippen LogP contribution in [-0.4, -0.2) is 42.9 Å². The summed E-state index contributed by atoms with van der Waals surface area (Å²) in [6.07, 6.45) is -6.16. The van der Waals surface area contributed by atoms with Gasteiger partial charge in [0.25, 0.3) is 10.2 Å². The maximum Gasteiger partial charge on any atom is 0.405 e. The van der Waals surface area contributed by atoms with Gasteiger partial charge in [-0.3, -0.25) is 0 Å². The molecule has 3 aliphatic rings. The smallest absolute Gasteiger partial charge is 0.405 e. The van der Waals surface area contributed by atoms with E-state index in [2.05, 4.69) is 10.0 Å². The monoisotopic (exact) mass is 359 g/mol. The number of hydrogen-bond donors (Lipinski definition) is 4. The van der Waals surface area contributed by atoms with Crippen molar-refractivity contribution in [3.05, 3.63) is 0 Å². The molecule has 0 aromatic rings. The normalized spacial score (nSPS) is 31.7. The van der Waals surface area contributed by atoms with Crippen molar-refractivity contribution in [2.75, 3.05) is 0 Å². The average molecular weight is 359 g/mol. The first kappa shape index (κ1) is 18.3. The minimum Gasteiger partial charge on any atom is -0.465 e. The Balaban J connectivity index is 2.12. The molecule has 2 bridgehead atoms. The van der Waals surface area contributed by atoms with Gasteiger partial charge in [-0.2, -0.15) is 31.0 Å². The second-order valence-corrected chi connectivity index (χ2v) is 9.00. The summed E-state index contributed by atoms with van der Waals surface area (Å²) in [5.74, 6) is 0. The minimum atomic E-state index is -4.76.